The fourth-order valence-corrected chi connectivity index (χ4v) is 2.03. The van der Waals surface area contributed by atoms with Crippen LogP contribution in [0.5, 0.6) is 0 Å². The van der Waals surface area contributed by atoms with Crippen molar-refractivity contribution in [2.24, 2.45) is 9.98 Å². The molecule has 0 saturated carbocycles. The molecule has 0 radical (unpaired) electrons. The molecule has 0 aromatic carbocycles. The maximum Gasteiger partial charge on any atom is 0.222 e. The van der Waals surface area contributed by atoms with Gasteiger partial charge in [-0.2, -0.15) is 4.99 Å². The molecule has 0 spiro atoms. The van der Waals surface area contributed by atoms with E-state index < -0.39 is 0 Å². The van der Waals surface area contributed by atoms with Crippen LogP contribution in [-0.2, 0) is 4.74 Å². The molecule has 0 amide bonds. The summed E-state index contributed by atoms with van der Waals surface area (Å²) in [6.45, 7) is 5.83. The molecule has 1 fully saturated rings. The number of nitrogens with zero attached hydrogens (tertiary/aromatic N) is 4. The molecule has 0 aliphatic carbocycles. The van der Waals surface area contributed by atoms with Crippen molar-refractivity contribution in [1.29, 1.82) is 0 Å². The molecule has 0 bridgehead atoms. The lowest BCUT2D eigenvalue weighted by molar-refractivity contribution is 0.0360. The van der Waals surface area contributed by atoms with E-state index in [0.29, 0.717) is 12.0 Å². The van der Waals surface area contributed by atoms with Gasteiger partial charge < -0.3 is 9.64 Å². The third-order valence-corrected chi connectivity index (χ3v) is 3.13. The number of amidine groups is 2. The highest BCUT2D eigenvalue weighted by atomic mass is 35.5. The Morgan fingerprint density at radius 1 is 1.19 bits per heavy atom. The van der Waals surface area contributed by atoms with Crippen molar-refractivity contribution in [3.8, 4) is 0 Å². The summed E-state index contributed by atoms with van der Waals surface area (Å²) in [7, 11) is 0. The summed E-state index contributed by atoms with van der Waals surface area (Å²) in [4.78, 5) is 12.2. The van der Waals surface area contributed by atoms with Gasteiger partial charge in [-0.05, 0) is 23.2 Å². The second-order valence-corrected chi connectivity index (χ2v) is 4.34. The van der Waals surface area contributed by atoms with Crippen molar-refractivity contribution in [2.75, 3.05) is 46.1 Å². The van der Waals surface area contributed by atoms with Crippen LogP contribution in [-0.4, -0.2) is 66.5 Å². The highest BCUT2D eigenvalue weighted by Crippen LogP contribution is 2.07. The fraction of sp³-hybridized carbons (Fsp3) is 0.778. The Morgan fingerprint density at radius 2 is 1.94 bits per heavy atom. The lowest BCUT2D eigenvalue weighted by Crippen LogP contribution is -2.43. The first-order valence-corrected chi connectivity index (χ1v) is 6.00. The second-order valence-electron chi connectivity index (χ2n) is 3.67. The number of ether oxygens (including phenoxy) is 1. The minimum absolute atomic E-state index is 0.229. The number of halogens is 2. The third kappa shape index (κ3) is 3.31. The topological polar surface area (TPSA) is 40.4 Å². The van der Waals surface area contributed by atoms with Crippen LogP contribution in [0.2, 0.25) is 0 Å². The van der Waals surface area contributed by atoms with Crippen LogP contribution >= 0.6 is 23.2 Å². The van der Waals surface area contributed by atoms with E-state index in [0.717, 1.165) is 39.4 Å². The molecule has 0 unspecified atom stereocenters. The van der Waals surface area contributed by atoms with Crippen LogP contribution in [0.1, 0.15) is 0 Å². The molecular formula is C9H14Cl2N4O. The molecule has 0 aromatic rings. The molecule has 0 aromatic heterocycles. The normalized spacial score (nSPS) is 23.0. The molecule has 1 saturated heterocycles. The highest BCUT2D eigenvalue weighted by Gasteiger charge is 2.16. The minimum atomic E-state index is 0.229. The van der Waals surface area contributed by atoms with Gasteiger partial charge in [-0.3, -0.25) is 4.90 Å². The summed E-state index contributed by atoms with van der Waals surface area (Å²) in [6, 6.07) is 0. The van der Waals surface area contributed by atoms with Gasteiger partial charge in [-0.25, -0.2) is 4.99 Å². The number of hydrogen-bond acceptors (Lipinski definition) is 5. The summed E-state index contributed by atoms with van der Waals surface area (Å²) in [5, 5.41) is 0.654. The van der Waals surface area contributed by atoms with Gasteiger partial charge in [0.05, 0.1) is 13.2 Å². The smallest absolute Gasteiger partial charge is 0.222 e. The average molecular weight is 265 g/mol. The van der Waals surface area contributed by atoms with E-state index >= 15 is 0 Å². The van der Waals surface area contributed by atoms with E-state index in [1.54, 1.807) is 0 Å². The zero-order valence-corrected chi connectivity index (χ0v) is 10.4. The van der Waals surface area contributed by atoms with Gasteiger partial charge in [0.25, 0.3) is 0 Å². The van der Waals surface area contributed by atoms with Crippen LogP contribution < -0.4 is 0 Å². The SMILES string of the molecule is ClC1=NCN(CCN2CCOCC2)C(Cl)=N1. The fourth-order valence-electron chi connectivity index (χ4n) is 1.63. The molecule has 5 nitrogen and oxygen atoms in total. The summed E-state index contributed by atoms with van der Waals surface area (Å²) in [5.74, 6) is 0. The average Bonchev–Trinajstić information content (AvgIpc) is 2.29. The van der Waals surface area contributed by atoms with Crippen molar-refractivity contribution in [1.82, 2.24) is 9.80 Å². The molecule has 0 N–H and O–H groups in total. The van der Waals surface area contributed by atoms with E-state index in [1.807, 2.05) is 4.90 Å². The van der Waals surface area contributed by atoms with Gasteiger partial charge in [0.15, 0.2) is 0 Å². The van der Waals surface area contributed by atoms with E-state index in [9.17, 15) is 0 Å². The largest absolute Gasteiger partial charge is 0.379 e. The van der Waals surface area contributed by atoms with Gasteiger partial charge >= 0.3 is 0 Å². The standard InChI is InChI=1S/C9H14Cl2N4O/c10-8-12-7-15(9(11)13-8)2-1-14-3-5-16-6-4-14/h1-7H2. The Labute approximate surface area is 105 Å². The molecule has 0 atom stereocenters. The number of morpholine rings is 1. The summed E-state index contributed by atoms with van der Waals surface area (Å²) >= 11 is 11.6. The minimum Gasteiger partial charge on any atom is -0.379 e. The van der Waals surface area contributed by atoms with Gasteiger partial charge in [-0.1, -0.05) is 0 Å². The molecular weight excluding hydrogens is 251 g/mol. The first kappa shape index (κ1) is 12.1. The molecule has 7 heteroatoms. The van der Waals surface area contributed by atoms with Crippen LogP contribution in [0.25, 0.3) is 0 Å². The second kappa shape index (κ2) is 5.82. The Bertz CT molecular complexity index is 302. The lowest BCUT2D eigenvalue weighted by Gasteiger charge is -2.30. The summed E-state index contributed by atoms with van der Waals surface area (Å²) in [6.07, 6.45) is 0. The Morgan fingerprint density at radius 3 is 2.62 bits per heavy atom. The van der Waals surface area contributed by atoms with E-state index in [1.165, 1.54) is 0 Å². The van der Waals surface area contributed by atoms with Crippen molar-refractivity contribution in [3.63, 3.8) is 0 Å². The van der Waals surface area contributed by atoms with Gasteiger partial charge in [0.1, 0.15) is 6.67 Å². The van der Waals surface area contributed by atoms with Crippen LogP contribution in [0.15, 0.2) is 9.98 Å². The van der Waals surface area contributed by atoms with Gasteiger partial charge in [-0.15, -0.1) is 0 Å². The van der Waals surface area contributed by atoms with Crippen LogP contribution in [0.3, 0.4) is 0 Å². The van der Waals surface area contributed by atoms with Crippen LogP contribution in [0.4, 0.5) is 0 Å². The quantitative estimate of drug-likeness (QED) is 0.708. The first-order chi connectivity index (χ1) is 7.75. The molecule has 16 heavy (non-hydrogen) atoms. The monoisotopic (exact) mass is 264 g/mol. The number of aliphatic imine (C=N–C) groups is 2. The first-order valence-electron chi connectivity index (χ1n) is 5.25. The number of rotatable bonds is 3. The Hall–Kier alpha value is -0.360. The van der Waals surface area contributed by atoms with Crippen molar-refractivity contribution in [2.45, 2.75) is 0 Å². The predicted molar refractivity (Wildman–Crippen MR) is 65.4 cm³/mol. The Kier molecular flexibility index (Phi) is 4.40. The molecule has 90 valence electrons. The van der Waals surface area contributed by atoms with E-state index in [-0.39, 0.29) is 5.29 Å². The molecule has 2 heterocycles. The van der Waals surface area contributed by atoms with E-state index in [2.05, 4.69) is 14.9 Å². The zero-order valence-electron chi connectivity index (χ0n) is 8.90. The van der Waals surface area contributed by atoms with Crippen molar-refractivity contribution in [3.05, 3.63) is 0 Å². The molecule has 2 aliphatic rings. The number of hydrogen-bond donors (Lipinski definition) is 0. The predicted octanol–water partition coefficient (Wildman–Crippen LogP) is 0.781. The lowest BCUT2D eigenvalue weighted by atomic mass is 10.4. The van der Waals surface area contributed by atoms with E-state index in [4.69, 9.17) is 27.9 Å². The van der Waals surface area contributed by atoms with Gasteiger partial charge in [0, 0.05) is 26.2 Å². The molecule has 2 rings (SSSR count). The Balaban J connectivity index is 1.76. The maximum absolute atomic E-state index is 5.96. The van der Waals surface area contributed by atoms with Gasteiger partial charge in [0.2, 0.25) is 10.6 Å². The highest BCUT2D eigenvalue weighted by molar-refractivity contribution is 6.71. The summed E-state index contributed by atoms with van der Waals surface area (Å²) in [5.41, 5.74) is 0. The third-order valence-electron chi connectivity index (χ3n) is 2.61. The van der Waals surface area contributed by atoms with Crippen LogP contribution in [0, 0.1) is 0 Å². The zero-order chi connectivity index (χ0) is 11.4. The summed E-state index contributed by atoms with van der Waals surface area (Å²) < 4.78 is 5.28. The van der Waals surface area contributed by atoms with Crippen molar-refractivity contribution < 1.29 is 4.74 Å². The molecule has 2 aliphatic heterocycles. The van der Waals surface area contributed by atoms with Crippen molar-refractivity contribution >= 4 is 33.8 Å². The maximum atomic E-state index is 5.96.